The van der Waals surface area contributed by atoms with Gasteiger partial charge in [-0.3, -0.25) is 4.98 Å². The highest BCUT2D eigenvalue weighted by Gasteiger charge is 2.04. The number of pyridine rings is 1. The van der Waals surface area contributed by atoms with Crippen LogP contribution in [0.15, 0.2) is 36.7 Å². The van der Waals surface area contributed by atoms with Crippen LogP contribution in [0.1, 0.15) is 0 Å². The lowest BCUT2D eigenvalue weighted by Gasteiger charge is -2.07. The van der Waals surface area contributed by atoms with Crippen molar-refractivity contribution in [3.63, 3.8) is 0 Å². The van der Waals surface area contributed by atoms with Gasteiger partial charge in [0.25, 0.3) is 0 Å². The highest BCUT2D eigenvalue weighted by Crippen LogP contribution is 2.29. The van der Waals surface area contributed by atoms with Crippen molar-refractivity contribution < 1.29 is 4.74 Å². The Labute approximate surface area is 98.8 Å². The summed E-state index contributed by atoms with van der Waals surface area (Å²) in [6.45, 7) is 0. The van der Waals surface area contributed by atoms with Crippen molar-refractivity contribution in [3.05, 3.63) is 41.7 Å². The lowest BCUT2D eigenvalue weighted by Crippen LogP contribution is -1.91. The van der Waals surface area contributed by atoms with E-state index in [0.29, 0.717) is 16.5 Å². The number of methoxy groups -OCH3 is 1. The van der Waals surface area contributed by atoms with Gasteiger partial charge in [0.05, 0.1) is 13.3 Å². The molecule has 1 aromatic carbocycles. The minimum atomic E-state index is 0.622. The fraction of sp³-hybridized carbons (Fsp3) is 0.0833. The molecule has 0 fully saturated rings. The summed E-state index contributed by atoms with van der Waals surface area (Å²) < 4.78 is 5.11. The van der Waals surface area contributed by atoms with E-state index in [1.807, 2.05) is 12.1 Å². The van der Waals surface area contributed by atoms with Gasteiger partial charge < -0.3 is 10.5 Å². The van der Waals surface area contributed by atoms with Crippen molar-refractivity contribution >= 4 is 17.3 Å². The Morgan fingerprint density at radius 3 is 2.75 bits per heavy atom. The van der Waals surface area contributed by atoms with Crippen LogP contribution in [0.2, 0.25) is 5.02 Å². The molecule has 2 aromatic rings. The average molecular weight is 235 g/mol. The Kier molecular flexibility index (Phi) is 2.97. The maximum absolute atomic E-state index is 5.89. The molecule has 0 radical (unpaired) electrons. The van der Waals surface area contributed by atoms with Gasteiger partial charge in [0.15, 0.2) is 0 Å². The maximum atomic E-state index is 5.89. The molecule has 82 valence electrons. The molecule has 0 aliphatic heterocycles. The second-order valence-corrected chi connectivity index (χ2v) is 3.78. The molecule has 2 N–H and O–H groups in total. The Morgan fingerprint density at radius 2 is 2.06 bits per heavy atom. The Hall–Kier alpha value is -1.74. The molecule has 0 atom stereocenters. The van der Waals surface area contributed by atoms with Gasteiger partial charge in [-0.2, -0.15) is 0 Å². The number of nitrogen functional groups attached to an aromatic ring is 1. The smallest absolute Gasteiger partial charge is 0.137 e. The lowest BCUT2D eigenvalue weighted by atomic mass is 10.1. The quantitative estimate of drug-likeness (QED) is 0.813. The molecule has 2 rings (SSSR count). The van der Waals surface area contributed by atoms with E-state index >= 15 is 0 Å². The number of halogens is 1. The Bertz CT molecular complexity index is 514. The fourth-order valence-electron chi connectivity index (χ4n) is 1.47. The van der Waals surface area contributed by atoms with Crippen molar-refractivity contribution in [2.75, 3.05) is 12.8 Å². The third-order valence-corrected chi connectivity index (χ3v) is 2.51. The van der Waals surface area contributed by atoms with E-state index < -0.39 is 0 Å². The number of benzene rings is 1. The number of aromatic nitrogens is 1. The van der Waals surface area contributed by atoms with E-state index in [4.69, 9.17) is 22.1 Å². The second kappa shape index (κ2) is 4.41. The van der Waals surface area contributed by atoms with Crippen molar-refractivity contribution in [1.82, 2.24) is 4.98 Å². The third-order valence-electron chi connectivity index (χ3n) is 2.27. The predicted molar refractivity (Wildman–Crippen MR) is 65.6 cm³/mol. The van der Waals surface area contributed by atoms with Gasteiger partial charge in [-0.25, -0.2) is 0 Å². The van der Waals surface area contributed by atoms with E-state index in [2.05, 4.69) is 4.98 Å². The van der Waals surface area contributed by atoms with Crippen LogP contribution in [0.4, 0.5) is 5.69 Å². The second-order valence-electron chi connectivity index (χ2n) is 3.35. The first-order chi connectivity index (χ1) is 7.70. The largest absolute Gasteiger partial charge is 0.495 e. The molecule has 0 saturated heterocycles. The maximum Gasteiger partial charge on any atom is 0.137 e. The van der Waals surface area contributed by atoms with Gasteiger partial charge in [-0.1, -0.05) is 17.7 Å². The summed E-state index contributed by atoms with van der Waals surface area (Å²) in [4.78, 5) is 4.08. The normalized spacial score (nSPS) is 10.1. The number of ether oxygens (including phenoxy) is 1. The van der Waals surface area contributed by atoms with Gasteiger partial charge >= 0.3 is 0 Å². The first-order valence-electron chi connectivity index (χ1n) is 4.75. The average Bonchev–Trinajstić information content (AvgIpc) is 2.29. The van der Waals surface area contributed by atoms with E-state index in [0.717, 1.165) is 11.1 Å². The molecule has 0 aliphatic rings. The summed E-state index contributed by atoms with van der Waals surface area (Å²) in [6.07, 6.45) is 3.39. The van der Waals surface area contributed by atoms with Crippen molar-refractivity contribution in [1.29, 1.82) is 0 Å². The number of nitrogens with zero attached hydrogens (tertiary/aromatic N) is 1. The number of nitrogens with two attached hydrogens (primary N) is 1. The summed E-state index contributed by atoms with van der Waals surface area (Å²) in [6, 6.07) is 7.27. The molecule has 1 heterocycles. The van der Waals surface area contributed by atoms with Crippen LogP contribution < -0.4 is 10.5 Å². The first kappa shape index (κ1) is 10.8. The molecule has 0 saturated carbocycles. The molecule has 16 heavy (non-hydrogen) atoms. The summed E-state index contributed by atoms with van der Waals surface area (Å²) in [5, 5.41) is 0.622. The van der Waals surface area contributed by atoms with E-state index in [1.165, 1.54) is 0 Å². The predicted octanol–water partition coefficient (Wildman–Crippen LogP) is 2.99. The monoisotopic (exact) mass is 234 g/mol. The summed E-state index contributed by atoms with van der Waals surface area (Å²) in [5.74, 6) is 0.701. The van der Waals surface area contributed by atoms with Crippen molar-refractivity contribution in [2.24, 2.45) is 0 Å². The van der Waals surface area contributed by atoms with Gasteiger partial charge in [-0.15, -0.1) is 0 Å². The molecule has 0 amide bonds. The number of hydrogen-bond acceptors (Lipinski definition) is 3. The van der Waals surface area contributed by atoms with Crippen LogP contribution in [0.25, 0.3) is 11.1 Å². The number of rotatable bonds is 2. The molecule has 0 spiro atoms. The van der Waals surface area contributed by atoms with Crippen molar-refractivity contribution in [3.8, 4) is 16.9 Å². The molecule has 3 nitrogen and oxygen atoms in total. The van der Waals surface area contributed by atoms with Crippen LogP contribution in [0, 0.1) is 0 Å². The zero-order chi connectivity index (χ0) is 11.5. The summed E-state index contributed by atoms with van der Waals surface area (Å²) in [7, 11) is 1.60. The van der Waals surface area contributed by atoms with Crippen LogP contribution in [0.3, 0.4) is 0 Å². The molecule has 4 heteroatoms. The third kappa shape index (κ3) is 2.09. The van der Waals surface area contributed by atoms with E-state index in [1.54, 1.807) is 31.6 Å². The molecule has 1 aromatic heterocycles. The van der Waals surface area contributed by atoms with Crippen LogP contribution in [-0.2, 0) is 0 Å². The topological polar surface area (TPSA) is 48.1 Å². The highest BCUT2D eigenvalue weighted by molar-refractivity contribution is 6.31. The van der Waals surface area contributed by atoms with Gasteiger partial charge in [0.1, 0.15) is 5.75 Å². The van der Waals surface area contributed by atoms with E-state index in [-0.39, 0.29) is 0 Å². The van der Waals surface area contributed by atoms with Gasteiger partial charge in [-0.05, 0) is 18.2 Å². The standard InChI is InChI=1S/C12H11ClN2O/c1-16-10-4-8(6-15-7-10)11-3-2-9(13)5-12(11)14/h2-7H,14H2,1H3. The Balaban J connectivity index is 2.49. The number of hydrogen-bond donors (Lipinski definition) is 1. The molecule has 0 unspecified atom stereocenters. The van der Waals surface area contributed by atoms with Crippen LogP contribution >= 0.6 is 11.6 Å². The molecule has 0 bridgehead atoms. The van der Waals surface area contributed by atoms with Crippen LogP contribution in [-0.4, -0.2) is 12.1 Å². The molecule has 0 aliphatic carbocycles. The fourth-order valence-corrected chi connectivity index (χ4v) is 1.65. The number of anilines is 1. The SMILES string of the molecule is COc1cncc(-c2ccc(Cl)cc2N)c1. The molecular weight excluding hydrogens is 224 g/mol. The highest BCUT2D eigenvalue weighted by atomic mass is 35.5. The van der Waals surface area contributed by atoms with Crippen molar-refractivity contribution in [2.45, 2.75) is 0 Å². The summed E-state index contributed by atoms with van der Waals surface area (Å²) in [5.41, 5.74) is 8.33. The molecular formula is C12H11ClN2O. The van der Waals surface area contributed by atoms with Crippen LogP contribution in [0.5, 0.6) is 5.75 Å². The summed E-state index contributed by atoms with van der Waals surface area (Å²) >= 11 is 5.84. The van der Waals surface area contributed by atoms with Gasteiger partial charge in [0, 0.05) is 28.0 Å². The van der Waals surface area contributed by atoms with Gasteiger partial charge in [0.2, 0.25) is 0 Å². The first-order valence-corrected chi connectivity index (χ1v) is 5.13. The zero-order valence-corrected chi connectivity index (χ0v) is 9.53. The van der Waals surface area contributed by atoms with E-state index in [9.17, 15) is 0 Å². The lowest BCUT2D eigenvalue weighted by molar-refractivity contribution is 0.413. The Morgan fingerprint density at radius 1 is 1.25 bits per heavy atom. The minimum Gasteiger partial charge on any atom is -0.495 e. The zero-order valence-electron chi connectivity index (χ0n) is 8.77. The minimum absolute atomic E-state index is 0.622.